The van der Waals surface area contributed by atoms with E-state index in [0.29, 0.717) is 32.5 Å². The first kappa shape index (κ1) is 15.8. The van der Waals surface area contributed by atoms with Crippen molar-refractivity contribution >= 4 is 23.3 Å². The van der Waals surface area contributed by atoms with Gasteiger partial charge in [-0.15, -0.1) is 11.3 Å². The van der Waals surface area contributed by atoms with Crippen LogP contribution >= 0.6 is 11.3 Å². The minimum atomic E-state index is -0.957. The summed E-state index contributed by atoms with van der Waals surface area (Å²) < 4.78 is 5.25. The van der Waals surface area contributed by atoms with E-state index in [9.17, 15) is 9.59 Å². The van der Waals surface area contributed by atoms with E-state index >= 15 is 0 Å². The van der Waals surface area contributed by atoms with Crippen LogP contribution in [0.4, 0.5) is 4.79 Å². The van der Waals surface area contributed by atoms with E-state index in [2.05, 4.69) is 5.32 Å². The first-order valence-corrected chi connectivity index (χ1v) is 7.83. The van der Waals surface area contributed by atoms with Crippen molar-refractivity contribution in [1.82, 2.24) is 10.2 Å². The van der Waals surface area contributed by atoms with Gasteiger partial charge >= 0.3 is 12.0 Å². The van der Waals surface area contributed by atoms with Gasteiger partial charge in [-0.3, -0.25) is 0 Å². The quantitative estimate of drug-likeness (QED) is 0.869. The molecule has 0 saturated carbocycles. The van der Waals surface area contributed by atoms with Crippen LogP contribution in [-0.2, 0) is 16.1 Å². The molecular weight excluding hydrogens is 292 g/mol. The zero-order valence-corrected chi connectivity index (χ0v) is 12.8. The number of hydrogen-bond donors (Lipinski definition) is 2. The van der Waals surface area contributed by atoms with Gasteiger partial charge in [0.2, 0.25) is 0 Å². The van der Waals surface area contributed by atoms with E-state index in [-0.39, 0.29) is 18.7 Å². The van der Waals surface area contributed by atoms with E-state index in [1.165, 1.54) is 10.4 Å². The molecule has 116 valence electrons. The summed E-state index contributed by atoms with van der Waals surface area (Å²) in [5.74, 6) is -0.957. The summed E-state index contributed by atoms with van der Waals surface area (Å²) >= 11 is 1.64. The van der Waals surface area contributed by atoms with Crippen molar-refractivity contribution in [2.45, 2.75) is 32.4 Å². The molecule has 0 spiro atoms. The van der Waals surface area contributed by atoms with E-state index in [0.717, 1.165) is 0 Å². The lowest BCUT2D eigenvalue weighted by molar-refractivity contribution is -0.145. The van der Waals surface area contributed by atoms with Crippen LogP contribution in [0.3, 0.4) is 0 Å². The zero-order valence-electron chi connectivity index (χ0n) is 12.0. The molecule has 0 radical (unpaired) electrons. The second kappa shape index (κ2) is 7.42. The fourth-order valence-corrected chi connectivity index (χ4v) is 3.11. The standard InChI is InChI=1S/C14H20N2O4S/c1-10-4-7-21-12(10)8-15-14(19)16-5-2-11(3-6-16)20-9-13(17)18/h4,7,11H,2-3,5-6,8-9H2,1H3,(H,15,19)(H,17,18). The predicted molar refractivity (Wildman–Crippen MR) is 79.5 cm³/mol. The largest absolute Gasteiger partial charge is 0.480 e. The first-order chi connectivity index (χ1) is 10.1. The number of hydrogen-bond acceptors (Lipinski definition) is 4. The van der Waals surface area contributed by atoms with Gasteiger partial charge in [0.05, 0.1) is 12.6 Å². The highest BCUT2D eigenvalue weighted by Crippen LogP contribution is 2.16. The molecule has 1 aliphatic rings. The summed E-state index contributed by atoms with van der Waals surface area (Å²) in [6.07, 6.45) is 1.29. The fourth-order valence-electron chi connectivity index (χ4n) is 2.27. The molecule has 0 bridgehead atoms. The summed E-state index contributed by atoms with van der Waals surface area (Å²) in [6.45, 7) is 3.51. The summed E-state index contributed by atoms with van der Waals surface area (Å²) in [5.41, 5.74) is 1.20. The Labute approximate surface area is 127 Å². The first-order valence-electron chi connectivity index (χ1n) is 6.95. The number of likely N-dealkylation sites (tertiary alicyclic amines) is 1. The summed E-state index contributed by atoms with van der Waals surface area (Å²) in [6, 6.07) is 1.97. The minimum Gasteiger partial charge on any atom is -0.480 e. The average molecular weight is 312 g/mol. The van der Waals surface area contributed by atoms with Crippen LogP contribution in [0.25, 0.3) is 0 Å². The zero-order chi connectivity index (χ0) is 15.2. The van der Waals surface area contributed by atoms with Gasteiger partial charge in [-0.2, -0.15) is 0 Å². The van der Waals surface area contributed by atoms with Gasteiger partial charge in [0.25, 0.3) is 0 Å². The van der Waals surface area contributed by atoms with E-state index in [4.69, 9.17) is 9.84 Å². The van der Waals surface area contributed by atoms with Gasteiger partial charge in [-0.05, 0) is 36.8 Å². The Bertz CT molecular complexity index is 495. The van der Waals surface area contributed by atoms with Crippen molar-refractivity contribution in [2.75, 3.05) is 19.7 Å². The lowest BCUT2D eigenvalue weighted by Gasteiger charge is -2.31. The molecule has 7 heteroatoms. The van der Waals surface area contributed by atoms with Gasteiger partial charge in [0, 0.05) is 18.0 Å². The minimum absolute atomic E-state index is 0.0651. The number of carboxylic acids is 1. The molecule has 1 aromatic heterocycles. The van der Waals surface area contributed by atoms with Crippen LogP contribution in [0, 0.1) is 6.92 Å². The number of ether oxygens (including phenoxy) is 1. The van der Waals surface area contributed by atoms with Crippen LogP contribution in [0.2, 0.25) is 0 Å². The summed E-state index contributed by atoms with van der Waals surface area (Å²) in [7, 11) is 0. The molecule has 1 aliphatic heterocycles. The number of carboxylic acid groups (broad SMARTS) is 1. The maximum atomic E-state index is 12.1. The number of thiophene rings is 1. The number of rotatable bonds is 5. The Morgan fingerprint density at radius 1 is 1.48 bits per heavy atom. The number of carbonyl (C=O) groups excluding carboxylic acids is 1. The number of amides is 2. The number of carbonyl (C=O) groups is 2. The highest BCUT2D eigenvalue weighted by Gasteiger charge is 2.23. The molecular formula is C14H20N2O4S. The fraction of sp³-hybridized carbons (Fsp3) is 0.571. The van der Waals surface area contributed by atoms with Gasteiger partial charge in [-0.1, -0.05) is 0 Å². The molecule has 1 fully saturated rings. The van der Waals surface area contributed by atoms with E-state index in [1.54, 1.807) is 16.2 Å². The molecule has 0 aliphatic carbocycles. The van der Waals surface area contributed by atoms with Gasteiger partial charge in [0.15, 0.2) is 0 Å². The Morgan fingerprint density at radius 3 is 2.76 bits per heavy atom. The second-order valence-electron chi connectivity index (χ2n) is 5.08. The molecule has 1 saturated heterocycles. The Morgan fingerprint density at radius 2 is 2.19 bits per heavy atom. The SMILES string of the molecule is Cc1ccsc1CNC(=O)N1CCC(OCC(=O)O)CC1. The summed E-state index contributed by atoms with van der Waals surface area (Å²) in [5, 5.41) is 13.5. The molecule has 2 rings (SSSR count). The highest BCUT2D eigenvalue weighted by atomic mass is 32.1. The monoisotopic (exact) mass is 312 g/mol. The predicted octanol–water partition coefficient (Wildman–Crippen LogP) is 1.83. The maximum absolute atomic E-state index is 12.1. The average Bonchev–Trinajstić information content (AvgIpc) is 2.88. The van der Waals surface area contributed by atoms with Crippen molar-refractivity contribution in [2.24, 2.45) is 0 Å². The number of urea groups is 1. The molecule has 0 atom stereocenters. The molecule has 0 unspecified atom stereocenters. The van der Waals surface area contributed by atoms with Crippen molar-refractivity contribution in [3.8, 4) is 0 Å². The molecule has 2 heterocycles. The van der Waals surface area contributed by atoms with E-state index in [1.807, 2.05) is 18.4 Å². The van der Waals surface area contributed by atoms with Crippen molar-refractivity contribution in [3.63, 3.8) is 0 Å². The van der Waals surface area contributed by atoms with Crippen molar-refractivity contribution in [3.05, 3.63) is 21.9 Å². The lowest BCUT2D eigenvalue weighted by atomic mass is 10.1. The van der Waals surface area contributed by atoms with Crippen molar-refractivity contribution < 1.29 is 19.4 Å². The number of nitrogens with one attached hydrogen (secondary N) is 1. The van der Waals surface area contributed by atoms with Gasteiger partial charge in [0.1, 0.15) is 6.61 Å². The third-order valence-electron chi connectivity index (χ3n) is 3.54. The highest BCUT2D eigenvalue weighted by molar-refractivity contribution is 7.10. The summed E-state index contributed by atoms with van der Waals surface area (Å²) in [4.78, 5) is 25.4. The second-order valence-corrected chi connectivity index (χ2v) is 6.08. The van der Waals surface area contributed by atoms with Crippen LogP contribution < -0.4 is 5.32 Å². The van der Waals surface area contributed by atoms with Gasteiger partial charge in [-0.25, -0.2) is 9.59 Å². The third kappa shape index (κ3) is 4.71. The Balaban J connectivity index is 1.70. The van der Waals surface area contributed by atoms with Gasteiger partial charge < -0.3 is 20.1 Å². The molecule has 6 nitrogen and oxygen atoms in total. The Kier molecular flexibility index (Phi) is 5.58. The number of aliphatic carboxylic acids is 1. The molecule has 2 amide bonds. The van der Waals surface area contributed by atoms with Crippen LogP contribution in [0.5, 0.6) is 0 Å². The lowest BCUT2D eigenvalue weighted by Crippen LogP contribution is -2.45. The normalized spacial score (nSPS) is 16.0. The maximum Gasteiger partial charge on any atom is 0.329 e. The van der Waals surface area contributed by atoms with Crippen LogP contribution in [0.15, 0.2) is 11.4 Å². The number of aryl methyl sites for hydroxylation is 1. The molecule has 0 aromatic carbocycles. The molecule has 2 N–H and O–H groups in total. The number of nitrogens with zero attached hydrogens (tertiary/aromatic N) is 1. The molecule has 1 aromatic rings. The van der Waals surface area contributed by atoms with Crippen LogP contribution in [0.1, 0.15) is 23.3 Å². The topological polar surface area (TPSA) is 78.9 Å². The smallest absolute Gasteiger partial charge is 0.329 e. The number of piperidine rings is 1. The Hall–Kier alpha value is -1.60. The van der Waals surface area contributed by atoms with Crippen LogP contribution in [-0.4, -0.2) is 47.8 Å². The third-order valence-corrected chi connectivity index (χ3v) is 4.56. The van der Waals surface area contributed by atoms with E-state index < -0.39 is 5.97 Å². The molecule has 21 heavy (non-hydrogen) atoms. The van der Waals surface area contributed by atoms with Crippen molar-refractivity contribution in [1.29, 1.82) is 0 Å².